The molecule has 0 atom stereocenters. The molecule has 21 heavy (non-hydrogen) atoms. The predicted molar refractivity (Wildman–Crippen MR) is 91.9 cm³/mol. The number of halogens is 1. The highest BCUT2D eigenvalue weighted by molar-refractivity contribution is 9.10. The highest BCUT2D eigenvalue weighted by Crippen LogP contribution is 2.32. The van der Waals surface area contributed by atoms with Gasteiger partial charge in [-0.2, -0.15) is 0 Å². The summed E-state index contributed by atoms with van der Waals surface area (Å²) in [4.78, 5) is 0. The van der Waals surface area contributed by atoms with Gasteiger partial charge in [0, 0.05) is 6.54 Å². The summed E-state index contributed by atoms with van der Waals surface area (Å²) < 4.78 is 6.84. The lowest BCUT2D eigenvalue weighted by atomic mass is 9.82. The van der Waals surface area contributed by atoms with E-state index in [4.69, 9.17) is 10.5 Å². The van der Waals surface area contributed by atoms with Crippen LogP contribution in [0.15, 0.2) is 46.9 Å². The SMILES string of the molecule is CCC(C)(C)c1ccc(Oc2ccc(CN)cc2Br)cc1. The smallest absolute Gasteiger partial charge is 0.141 e. The molecule has 0 unspecified atom stereocenters. The Morgan fingerprint density at radius 3 is 2.29 bits per heavy atom. The molecule has 0 fully saturated rings. The van der Waals surface area contributed by atoms with Crippen LogP contribution < -0.4 is 10.5 Å². The molecule has 0 spiro atoms. The van der Waals surface area contributed by atoms with Crippen LogP contribution in [0.4, 0.5) is 0 Å². The van der Waals surface area contributed by atoms with Crippen LogP contribution in [0.1, 0.15) is 38.3 Å². The van der Waals surface area contributed by atoms with Gasteiger partial charge < -0.3 is 10.5 Å². The van der Waals surface area contributed by atoms with E-state index in [2.05, 4.69) is 48.8 Å². The van der Waals surface area contributed by atoms with Gasteiger partial charge in [-0.15, -0.1) is 0 Å². The maximum atomic E-state index is 5.92. The molecule has 2 aromatic carbocycles. The third-order valence-electron chi connectivity index (χ3n) is 3.98. The topological polar surface area (TPSA) is 35.2 Å². The standard InChI is InChI=1S/C18H22BrNO/c1-4-18(2,3)14-6-8-15(9-7-14)21-17-10-5-13(12-20)11-16(17)19/h5-11H,4,12,20H2,1-3H3. The summed E-state index contributed by atoms with van der Waals surface area (Å²) in [6, 6.07) is 14.2. The normalized spacial score (nSPS) is 11.5. The average molecular weight is 348 g/mol. The quantitative estimate of drug-likeness (QED) is 0.786. The summed E-state index contributed by atoms with van der Waals surface area (Å²) in [5.41, 5.74) is 8.23. The minimum absolute atomic E-state index is 0.196. The molecule has 0 amide bonds. The predicted octanol–water partition coefficient (Wildman–Crippen LogP) is 5.39. The summed E-state index contributed by atoms with van der Waals surface area (Å²) >= 11 is 3.52. The van der Waals surface area contributed by atoms with E-state index in [1.54, 1.807) is 0 Å². The fourth-order valence-electron chi connectivity index (χ4n) is 2.06. The average Bonchev–Trinajstić information content (AvgIpc) is 2.50. The lowest BCUT2D eigenvalue weighted by molar-refractivity contribution is 0.475. The van der Waals surface area contributed by atoms with Gasteiger partial charge in [0.25, 0.3) is 0 Å². The Balaban J connectivity index is 2.17. The summed E-state index contributed by atoms with van der Waals surface area (Å²) in [7, 11) is 0. The zero-order chi connectivity index (χ0) is 15.5. The van der Waals surface area contributed by atoms with Crippen molar-refractivity contribution in [2.24, 2.45) is 5.73 Å². The maximum Gasteiger partial charge on any atom is 0.141 e. The van der Waals surface area contributed by atoms with E-state index in [1.807, 2.05) is 30.3 Å². The first-order valence-corrected chi connectivity index (χ1v) is 8.02. The number of nitrogens with two attached hydrogens (primary N) is 1. The number of ether oxygens (including phenoxy) is 1. The molecule has 2 N–H and O–H groups in total. The van der Waals surface area contributed by atoms with E-state index < -0.39 is 0 Å². The molecule has 0 radical (unpaired) electrons. The van der Waals surface area contributed by atoms with Crippen LogP contribution in [0.25, 0.3) is 0 Å². The molecule has 0 aromatic heterocycles. The summed E-state index contributed by atoms with van der Waals surface area (Å²) in [5.74, 6) is 1.64. The fraction of sp³-hybridized carbons (Fsp3) is 0.333. The number of benzene rings is 2. The van der Waals surface area contributed by atoms with Crippen molar-refractivity contribution in [3.05, 3.63) is 58.1 Å². The van der Waals surface area contributed by atoms with Crippen molar-refractivity contribution in [1.82, 2.24) is 0 Å². The second-order valence-corrected chi connectivity index (χ2v) is 6.69. The summed E-state index contributed by atoms with van der Waals surface area (Å²) in [5, 5.41) is 0. The first-order valence-electron chi connectivity index (χ1n) is 7.23. The van der Waals surface area contributed by atoms with E-state index in [1.165, 1.54) is 5.56 Å². The molecule has 2 rings (SSSR count). The van der Waals surface area contributed by atoms with Gasteiger partial charge in [-0.1, -0.05) is 39.0 Å². The Bertz CT molecular complexity index is 605. The van der Waals surface area contributed by atoms with Crippen molar-refractivity contribution in [3.63, 3.8) is 0 Å². The second kappa shape index (κ2) is 6.63. The van der Waals surface area contributed by atoms with Gasteiger partial charge in [-0.25, -0.2) is 0 Å². The van der Waals surface area contributed by atoms with Crippen LogP contribution in [-0.4, -0.2) is 0 Å². The molecular formula is C18H22BrNO. The van der Waals surface area contributed by atoms with Crippen molar-refractivity contribution in [1.29, 1.82) is 0 Å². The zero-order valence-corrected chi connectivity index (χ0v) is 14.4. The Morgan fingerprint density at radius 2 is 1.76 bits per heavy atom. The lowest BCUT2D eigenvalue weighted by Crippen LogP contribution is -2.14. The Morgan fingerprint density at radius 1 is 1.10 bits per heavy atom. The van der Waals surface area contributed by atoms with Crippen LogP contribution in [0.2, 0.25) is 0 Å². The molecule has 2 aromatic rings. The van der Waals surface area contributed by atoms with Crippen molar-refractivity contribution in [2.45, 2.75) is 39.2 Å². The zero-order valence-electron chi connectivity index (χ0n) is 12.8. The van der Waals surface area contributed by atoms with E-state index in [0.29, 0.717) is 6.54 Å². The number of hydrogen-bond donors (Lipinski definition) is 1. The largest absolute Gasteiger partial charge is 0.456 e. The Labute approximate surface area is 135 Å². The first-order chi connectivity index (χ1) is 9.96. The van der Waals surface area contributed by atoms with Gasteiger partial charge >= 0.3 is 0 Å². The van der Waals surface area contributed by atoms with Crippen LogP contribution in [0.3, 0.4) is 0 Å². The van der Waals surface area contributed by atoms with E-state index in [9.17, 15) is 0 Å². The number of rotatable bonds is 5. The highest BCUT2D eigenvalue weighted by atomic mass is 79.9. The molecule has 0 saturated carbocycles. The molecule has 112 valence electrons. The molecule has 0 heterocycles. The van der Waals surface area contributed by atoms with Gasteiger partial charge in [-0.3, -0.25) is 0 Å². The van der Waals surface area contributed by atoms with Crippen LogP contribution >= 0.6 is 15.9 Å². The van der Waals surface area contributed by atoms with Gasteiger partial charge in [-0.05, 0) is 63.2 Å². The molecule has 2 nitrogen and oxygen atoms in total. The van der Waals surface area contributed by atoms with Crippen LogP contribution in [0.5, 0.6) is 11.5 Å². The number of hydrogen-bond acceptors (Lipinski definition) is 2. The fourth-order valence-corrected chi connectivity index (χ4v) is 2.57. The molecule has 0 aliphatic heterocycles. The minimum atomic E-state index is 0.196. The molecule has 0 saturated heterocycles. The third kappa shape index (κ3) is 3.86. The van der Waals surface area contributed by atoms with Gasteiger partial charge in [0.1, 0.15) is 11.5 Å². The van der Waals surface area contributed by atoms with Crippen molar-refractivity contribution < 1.29 is 4.74 Å². The molecule has 0 bridgehead atoms. The van der Waals surface area contributed by atoms with Crippen molar-refractivity contribution in [3.8, 4) is 11.5 Å². The summed E-state index contributed by atoms with van der Waals surface area (Å²) in [6.45, 7) is 7.25. The third-order valence-corrected chi connectivity index (χ3v) is 4.60. The highest BCUT2D eigenvalue weighted by Gasteiger charge is 2.17. The Kier molecular flexibility index (Phi) is 5.07. The van der Waals surface area contributed by atoms with E-state index >= 15 is 0 Å². The van der Waals surface area contributed by atoms with E-state index in [-0.39, 0.29) is 5.41 Å². The minimum Gasteiger partial charge on any atom is -0.456 e. The summed E-state index contributed by atoms with van der Waals surface area (Å²) in [6.07, 6.45) is 1.11. The van der Waals surface area contributed by atoms with E-state index in [0.717, 1.165) is 28.0 Å². The molecule has 3 heteroatoms. The van der Waals surface area contributed by atoms with Gasteiger partial charge in [0.2, 0.25) is 0 Å². The van der Waals surface area contributed by atoms with Gasteiger partial charge in [0.05, 0.1) is 4.47 Å². The second-order valence-electron chi connectivity index (χ2n) is 5.83. The molecule has 0 aliphatic carbocycles. The molecule has 0 aliphatic rings. The van der Waals surface area contributed by atoms with Crippen LogP contribution in [0, 0.1) is 0 Å². The van der Waals surface area contributed by atoms with Crippen molar-refractivity contribution >= 4 is 15.9 Å². The molecular weight excluding hydrogens is 326 g/mol. The first kappa shape index (κ1) is 16.1. The lowest BCUT2D eigenvalue weighted by Gasteiger charge is -2.23. The van der Waals surface area contributed by atoms with Crippen LogP contribution in [-0.2, 0) is 12.0 Å². The maximum absolute atomic E-state index is 5.92. The van der Waals surface area contributed by atoms with Crippen molar-refractivity contribution in [2.75, 3.05) is 0 Å². The van der Waals surface area contributed by atoms with Gasteiger partial charge in [0.15, 0.2) is 0 Å². The monoisotopic (exact) mass is 347 g/mol. The Hall–Kier alpha value is -1.32.